The Balaban J connectivity index is 1.51. The normalized spacial score (nSPS) is 18.0. The first kappa shape index (κ1) is 15.5. The van der Waals surface area contributed by atoms with Crippen LogP contribution in [-0.4, -0.2) is 51.5 Å². The van der Waals surface area contributed by atoms with Gasteiger partial charge in [-0.3, -0.25) is 0 Å². The third kappa shape index (κ3) is 4.07. The van der Waals surface area contributed by atoms with Crippen LogP contribution in [0.5, 0.6) is 0 Å². The van der Waals surface area contributed by atoms with Crippen molar-refractivity contribution in [1.29, 1.82) is 0 Å². The van der Waals surface area contributed by atoms with Crippen LogP contribution in [0.3, 0.4) is 0 Å². The number of hydrogen-bond acceptors (Lipinski definition) is 4. The van der Waals surface area contributed by atoms with Gasteiger partial charge in [0.05, 0.1) is 25.8 Å². The third-order valence-electron chi connectivity index (χ3n) is 3.91. The summed E-state index contributed by atoms with van der Waals surface area (Å²) in [5, 5.41) is 7.05. The molecule has 122 valence electrons. The van der Waals surface area contributed by atoms with E-state index in [0.717, 1.165) is 11.1 Å². The lowest BCUT2D eigenvalue weighted by atomic mass is 10.1. The van der Waals surface area contributed by atoms with Gasteiger partial charge in [-0.05, 0) is 18.1 Å². The van der Waals surface area contributed by atoms with Crippen LogP contribution in [0, 0.1) is 0 Å². The molecule has 0 aliphatic carbocycles. The van der Waals surface area contributed by atoms with Crippen molar-refractivity contribution in [2.24, 2.45) is 0 Å². The Morgan fingerprint density at radius 1 is 1.35 bits per heavy atom. The largest absolute Gasteiger partial charge is 0.377 e. The molecule has 7 nitrogen and oxygen atoms in total. The van der Waals surface area contributed by atoms with Crippen LogP contribution in [0.2, 0.25) is 0 Å². The van der Waals surface area contributed by atoms with Crippen molar-refractivity contribution in [1.82, 2.24) is 25.0 Å². The summed E-state index contributed by atoms with van der Waals surface area (Å²) in [4.78, 5) is 17.9. The van der Waals surface area contributed by atoms with Crippen LogP contribution in [0.15, 0.2) is 36.9 Å². The minimum absolute atomic E-state index is 0.0347. The van der Waals surface area contributed by atoms with Gasteiger partial charge in [0.1, 0.15) is 12.7 Å². The highest BCUT2D eigenvalue weighted by molar-refractivity contribution is 5.74. The van der Waals surface area contributed by atoms with E-state index in [2.05, 4.69) is 15.4 Å². The zero-order valence-electron chi connectivity index (χ0n) is 13.2. The van der Waals surface area contributed by atoms with Gasteiger partial charge in [-0.2, -0.15) is 5.10 Å². The fourth-order valence-corrected chi connectivity index (χ4v) is 2.57. The van der Waals surface area contributed by atoms with Gasteiger partial charge in [0.2, 0.25) is 0 Å². The highest BCUT2D eigenvalue weighted by atomic mass is 16.5. The molecule has 1 aliphatic rings. The minimum Gasteiger partial charge on any atom is -0.377 e. The highest BCUT2D eigenvalue weighted by Crippen LogP contribution is 2.08. The molecule has 23 heavy (non-hydrogen) atoms. The Kier molecular flexibility index (Phi) is 4.87. The Hall–Kier alpha value is -2.41. The van der Waals surface area contributed by atoms with Crippen LogP contribution in [0.1, 0.15) is 18.1 Å². The van der Waals surface area contributed by atoms with E-state index in [1.807, 2.05) is 36.1 Å². The summed E-state index contributed by atoms with van der Waals surface area (Å²) in [5.74, 6) is 0. The van der Waals surface area contributed by atoms with E-state index < -0.39 is 0 Å². The van der Waals surface area contributed by atoms with E-state index in [1.54, 1.807) is 11.0 Å². The first-order valence-electron chi connectivity index (χ1n) is 7.75. The maximum Gasteiger partial charge on any atom is 0.318 e. The van der Waals surface area contributed by atoms with Crippen molar-refractivity contribution in [3.63, 3.8) is 0 Å². The number of nitrogens with one attached hydrogen (secondary N) is 1. The van der Waals surface area contributed by atoms with Crippen molar-refractivity contribution in [3.8, 4) is 0 Å². The fourth-order valence-electron chi connectivity index (χ4n) is 2.57. The molecule has 1 aromatic carbocycles. The number of carbonyl (C=O) groups is 1. The van der Waals surface area contributed by atoms with Crippen LogP contribution >= 0.6 is 0 Å². The second-order valence-corrected chi connectivity index (χ2v) is 5.69. The minimum atomic E-state index is -0.0347. The molecule has 0 saturated carbocycles. The summed E-state index contributed by atoms with van der Waals surface area (Å²) in [5.41, 5.74) is 2.22. The second kappa shape index (κ2) is 7.23. The smallest absolute Gasteiger partial charge is 0.318 e. The van der Waals surface area contributed by atoms with Crippen molar-refractivity contribution >= 4 is 6.03 Å². The lowest BCUT2D eigenvalue weighted by Crippen LogP contribution is -2.51. The molecule has 1 aromatic heterocycles. The van der Waals surface area contributed by atoms with Gasteiger partial charge in [-0.15, -0.1) is 0 Å². The molecular formula is C16H21N5O2. The van der Waals surface area contributed by atoms with Gasteiger partial charge in [0, 0.05) is 13.1 Å². The molecule has 1 fully saturated rings. The number of rotatable bonds is 4. The molecule has 3 rings (SSSR count). The second-order valence-electron chi connectivity index (χ2n) is 5.69. The number of ether oxygens (including phenoxy) is 1. The predicted molar refractivity (Wildman–Crippen MR) is 84.8 cm³/mol. The number of aromatic nitrogens is 3. The van der Waals surface area contributed by atoms with E-state index in [4.69, 9.17) is 4.74 Å². The Morgan fingerprint density at radius 2 is 2.13 bits per heavy atom. The molecule has 1 saturated heterocycles. The fraction of sp³-hybridized carbons (Fsp3) is 0.438. The van der Waals surface area contributed by atoms with E-state index in [1.165, 1.54) is 6.33 Å². The molecule has 2 amide bonds. The molecular weight excluding hydrogens is 294 g/mol. The van der Waals surface area contributed by atoms with Gasteiger partial charge < -0.3 is 15.0 Å². The Morgan fingerprint density at radius 3 is 2.83 bits per heavy atom. The standard InChI is InChI=1S/C16H21N5O2/c1-13-10-23-7-6-21(13)16(22)18-8-14-2-4-15(5-3-14)9-20-12-17-11-19-20/h2-5,11-13H,6-10H2,1H3,(H,18,22)/t13-/m1/s1. The molecule has 0 radical (unpaired) electrons. The topological polar surface area (TPSA) is 72.3 Å². The van der Waals surface area contributed by atoms with E-state index in [-0.39, 0.29) is 12.1 Å². The Labute approximate surface area is 135 Å². The molecule has 0 bridgehead atoms. The Bertz CT molecular complexity index is 626. The zero-order chi connectivity index (χ0) is 16.1. The molecule has 1 atom stereocenters. The summed E-state index contributed by atoms with van der Waals surface area (Å²) in [6.07, 6.45) is 3.22. The maximum atomic E-state index is 12.2. The molecule has 2 heterocycles. The van der Waals surface area contributed by atoms with Gasteiger partial charge in [-0.25, -0.2) is 14.5 Å². The van der Waals surface area contributed by atoms with Crippen molar-refractivity contribution in [2.75, 3.05) is 19.8 Å². The van der Waals surface area contributed by atoms with E-state index in [0.29, 0.717) is 32.8 Å². The van der Waals surface area contributed by atoms with Crippen molar-refractivity contribution in [3.05, 3.63) is 48.0 Å². The maximum absolute atomic E-state index is 12.2. The number of morpholine rings is 1. The van der Waals surface area contributed by atoms with Gasteiger partial charge >= 0.3 is 6.03 Å². The molecule has 7 heteroatoms. The monoisotopic (exact) mass is 315 g/mol. The average molecular weight is 315 g/mol. The average Bonchev–Trinajstić information content (AvgIpc) is 3.07. The highest BCUT2D eigenvalue weighted by Gasteiger charge is 2.23. The molecule has 0 unspecified atom stereocenters. The quantitative estimate of drug-likeness (QED) is 0.922. The molecule has 1 N–H and O–H groups in total. The molecule has 0 spiro atoms. The first-order valence-corrected chi connectivity index (χ1v) is 7.75. The van der Waals surface area contributed by atoms with E-state index >= 15 is 0 Å². The van der Waals surface area contributed by atoms with Crippen LogP contribution in [0.4, 0.5) is 4.79 Å². The summed E-state index contributed by atoms with van der Waals surface area (Å²) < 4.78 is 7.12. The number of urea groups is 1. The van der Waals surface area contributed by atoms with Crippen molar-refractivity contribution in [2.45, 2.75) is 26.1 Å². The lowest BCUT2D eigenvalue weighted by Gasteiger charge is -2.33. The summed E-state index contributed by atoms with van der Waals surface area (Å²) in [7, 11) is 0. The number of amides is 2. The first-order chi connectivity index (χ1) is 11.2. The summed E-state index contributed by atoms with van der Waals surface area (Å²) in [6, 6.07) is 8.22. The number of hydrogen-bond donors (Lipinski definition) is 1. The van der Waals surface area contributed by atoms with Crippen molar-refractivity contribution < 1.29 is 9.53 Å². The van der Waals surface area contributed by atoms with E-state index in [9.17, 15) is 4.79 Å². The van der Waals surface area contributed by atoms with Gasteiger partial charge in [0.15, 0.2) is 0 Å². The lowest BCUT2D eigenvalue weighted by molar-refractivity contribution is 0.0190. The summed E-state index contributed by atoms with van der Waals surface area (Å²) >= 11 is 0. The predicted octanol–water partition coefficient (Wildman–Crippen LogP) is 1.26. The number of benzene rings is 1. The SMILES string of the molecule is C[C@@H]1COCCN1C(=O)NCc1ccc(Cn2cncn2)cc1. The third-order valence-corrected chi connectivity index (χ3v) is 3.91. The van der Waals surface area contributed by atoms with Gasteiger partial charge in [0.25, 0.3) is 0 Å². The zero-order valence-corrected chi connectivity index (χ0v) is 13.2. The summed E-state index contributed by atoms with van der Waals surface area (Å²) in [6.45, 7) is 5.06. The van der Waals surface area contributed by atoms with Gasteiger partial charge in [-0.1, -0.05) is 24.3 Å². The van der Waals surface area contributed by atoms with Crippen LogP contribution < -0.4 is 5.32 Å². The molecule has 2 aromatic rings. The van der Waals surface area contributed by atoms with Crippen LogP contribution in [-0.2, 0) is 17.8 Å². The number of carbonyl (C=O) groups excluding carboxylic acids is 1. The van der Waals surface area contributed by atoms with Crippen LogP contribution in [0.25, 0.3) is 0 Å². The number of nitrogens with zero attached hydrogens (tertiary/aromatic N) is 4. The molecule has 1 aliphatic heterocycles.